The molecule has 3 aliphatic rings. The van der Waals surface area contributed by atoms with Crippen molar-refractivity contribution in [2.24, 2.45) is 5.92 Å². The van der Waals surface area contributed by atoms with Crippen molar-refractivity contribution in [2.75, 3.05) is 13.1 Å². The van der Waals surface area contributed by atoms with Gasteiger partial charge in [0.15, 0.2) is 0 Å². The number of hydrogen-bond donors (Lipinski definition) is 1. The number of unbranched alkanes of at least 4 members (excludes halogenated alkanes) is 1. The van der Waals surface area contributed by atoms with Crippen LogP contribution in [-0.4, -0.2) is 87.6 Å². The van der Waals surface area contributed by atoms with E-state index in [0.717, 1.165) is 4.90 Å². The molecular formula is C30H43BN2O9. The Labute approximate surface area is 247 Å². The Morgan fingerprint density at radius 2 is 1.62 bits per heavy atom. The number of rotatable bonds is 7. The monoisotopic (exact) mass is 586 g/mol. The SMILES string of the molecule is CC(C)(C)OC(=O)N1CC[C@H]2[C@@H]1CN(C(=O)OC(=O)c1ccccc1)[C@@]2(CCCCB1OC(C)(C)C(C)(C)O1)C(=O)O. The van der Waals surface area contributed by atoms with Crippen LogP contribution < -0.4 is 0 Å². The van der Waals surface area contributed by atoms with Crippen LogP contribution in [0.5, 0.6) is 0 Å². The summed E-state index contributed by atoms with van der Waals surface area (Å²) >= 11 is 0. The summed E-state index contributed by atoms with van der Waals surface area (Å²) in [6.07, 6.45) is 0.454. The summed E-state index contributed by atoms with van der Waals surface area (Å²) in [4.78, 5) is 55.1. The van der Waals surface area contributed by atoms with Gasteiger partial charge in [0, 0.05) is 19.0 Å². The first-order valence-electron chi connectivity index (χ1n) is 14.7. The molecule has 3 heterocycles. The molecule has 1 aromatic rings. The van der Waals surface area contributed by atoms with Crippen LogP contribution in [0.4, 0.5) is 9.59 Å². The Balaban J connectivity index is 1.55. The standard InChI is InChI=1S/C30H43BN2O9/c1-27(2,3)40-25(37)32-18-15-21-22(32)19-33(26(38)39-23(34)20-13-9-8-10-14-20)30(21,24(35)36)16-11-12-17-31-41-28(4,5)29(6,7)42-31/h8-10,13-14,21-22H,11-12,15-19H2,1-7H3,(H,35,36)/t21-,22-,30+/m0/s1. The van der Waals surface area contributed by atoms with Gasteiger partial charge >= 0.3 is 31.2 Å². The van der Waals surface area contributed by atoms with E-state index in [2.05, 4.69) is 0 Å². The average Bonchev–Trinajstić information content (AvgIpc) is 3.50. The lowest BCUT2D eigenvalue weighted by Gasteiger charge is -2.37. The molecule has 0 aliphatic carbocycles. The number of carboxylic acids is 1. The molecule has 1 aromatic carbocycles. The first kappa shape index (κ1) is 31.8. The number of likely N-dealkylation sites (tertiary alicyclic amines) is 2. The van der Waals surface area contributed by atoms with Crippen molar-refractivity contribution in [1.82, 2.24) is 9.80 Å². The van der Waals surface area contributed by atoms with Gasteiger partial charge in [-0.3, -0.25) is 4.90 Å². The number of aliphatic carboxylic acids is 1. The minimum atomic E-state index is -1.68. The number of hydrogen-bond acceptors (Lipinski definition) is 8. The summed E-state index contributed by atoms with van der Waals surface area (Å²) in [7, 11) is -0.425. The minimum absolute atomic E-state index is 0.0889. The van der Waals surface area contributed by atoms with Gasteiger partial charge in [-0.1, -0.05) is 31.0 Å². The van der Waals surface area contributed by atoms with E-state index in [0.29, 0.717) is 32.1 Å². The highest BCUT2D eigenvalue weighted by molar-refractivity contribution is 6.45. The summed E-state index contributed by atoms with van der Waals surface area (Å²) in [5, 5.41) is 10.7. The third-order valence-corrected chi connectivity index (χ3v) is 8.97. The maximum atomic E-state index is 13.5. The summed E-state index contributed by atoms with van der Waals surface area (Å²) < 4.78 is 23.0. The second-order valence-corrected chi connectivity index (χ2v) is 13.4. The van der Waals surface area contributed by atoms with Crippen molar-refractivity contribution in [2.45, 2.75) is 109 Å². The number of carboxylic acid groups (broad SMARTS) is 1. The summed E-state index contributed by atoms with van der Waals surface area (Å²) in [5.41, 5.74) is -3.19. The van der Waals surface area contributed by atoms with Gasteiger partial charge in [0.05, 0.1) is 22.8 Å². The average molecular weight is 586 g/mol. The normalized spacial score (nSPS) is 26.2. The second kappa shape index (κ2) is 11.5. The predicted octanol–water partition coefficient (Wildman–Crippen LogP) is 4.99. The highest BCUT2D eigenvalue weighted by Crippen LogP contribution is 2.48. The molecule has 0 spiro atoms. The van der Waals surface area contributed by atoms with Crippen LogP contribution in [0.25, 0.3) is 0 Å². The molecule has 0 unspecified atom stereocenters. The molecule has 0 saturated carbocycles. The maximum Gasteiger partial charge on any atom is 0.457 e. The van der Waals surface area contributed by atoms with Crippen LogP contribution in [0, 0.1) is 5.92 Å². The first-order valence-corrected chi connectivity index (χ1v) is 14.7. The molecule has 4 rings (SSSR count). The number of nitrogens with zero attached hydrogens (tertiary/aromatic N) is 2. The Hall–Kier alpha value is -3.12. The molecule has 3 fully saturated rings. The lowest BCUT2D eigenvalue weighted by atomic mass is 9.76. The Kier molecular flexibility index (Phi) is 8.73. The van der Waals surface area contributed by atoms with Crippen molar-refractivity contribution in [3.63, 3.8) is 0 Å². The number of esters is 1. The fourth-order valence-electron chi connectivity index (χ4n) is 6.23. The zero-order chi connectivity index (χ0) is 31.1. The van der Waals surface area contributed by atoms with Gasteiger partial charge in [-0.25, -0.2) is 19.2 Å². The largest absolute Gasteiger partial charge is 0.479 e. The molecule has 2 amide bonds. The fraction of sp³-hybridized carbons (Fsp3) is 0.667. The highest BCUT2D eigenvalue weighted by Gasteiger charge is 2.65. The molecule has 230 valence electrons. The second-order valence-electron chi connectivity index (χ2n) is 13.4. The lowest BCUT2D eigenvalue weighted by Crippen LogP contribution is -2.57. The molecule has 3 saturated heterocycles. The third kappa shape index (κ3) is 6.15. The predicted molar refractivity (Wildman–Crippen MR) is 154 cm³/mol. The van der Waals surface area contributed by atoms with Crippen molar-refractivity contribution in [1.29, 1.82) is 0 Å². The van der Waals surface area contributed by atoms with Crippen LogP contribution in [0.15, 0.2) is 30.3 Å². The van der Waals surface area contributed by atoms with Crippen LogP contribution in [-0.2, 0) is 23.6 Å². The van der Waals surface area contributed by atoms with E-state index in [1.165, 1.54) is 17.0 Å². The van der Waals surface area contributed by atoms with Crippen LogP contribution in [0.3, 0.4) is 0 Å². The van der Waals surface area contributed by atoms with E-state index in [9.17, 15) is 24.3 Å². The zero-order valence-electron chi connectivity index (χ0n) is 25.7. The highest BCUT2D eigenvalue weighted by atomic mass is 16.7. The first-order chi connectivity index (χ1) is 19.5. The van der Waals surface area contributed by atoms with Crippen molar-refractivity contribution >= 4 is 31.2 Å². The number of benzene rings is 1. The van der Waals surface area contributed by atoms with Gasteiger partial charge in [0.1, 0.15) is 11.1 Å². The smallest absolute Gasteiger partial charge is 0.457 e. The van der Waals surface area contributed by atoms with Crippen molar-refractivity contribution < 1.29 is 43.1 Å². The minimum Gasteiger partial charge on any atom is -0.479 e. The van der Waals surface area contributed by atoms with E-state index in [1.807, 2.05) is 27.7 Å². The Bertz CT molecular complexity index is 1180. The Morgan fingerprint density at radius 3 is 2.19 bits per heavy atom. The maximum absolute atomic E-state index is 13.5. The summed E-state index contributed by atoms with van der Waals surface area (Å²) in [6, 6.07) is 7.43. The molecule has 12 heteroatoms. The molecule has 0 radical (unpaired) electrons. The van der Waals surface area contributed by atoms with Crippen LogP contribution in [0.1, 0.15) is 84.5 Å². The molecular weight excluding hydrogens is 543 g/mol. The van der Waals surface area contributed by atoms with Crippen LogP contribution >= 0.6 is 0 Å². The van der Waals surface area contributed by atoms with Gasteiger partial charge in [0.2, 0.25) is 0 Å². The Morgan fingerprint density at radius 1 is 1.00 bits per heavy atom. The quantitative estimate of drug-likeness (QED) is 0.203. The van der Waals surface area contributed by atoms with E-state index in [4.69, 9.17) is 18.8 Å². The molecule has 0 bridgehead atoms. The zero-order valence-corrected chi connectivity index (χ0v) is 25.7. The van der Waals surface area contributed by atoms with E-state index in [1.54, 1.807) is 39.0 Å². The van der Waals surface area contributed by atoms with Crippen molar-refractivity contribution in [3.8, 4) is 0 Å². The van der Waals surface area contributed by atoms with E-state index in [-0.39, 0.29) is 18.5 Å². The van der Waals surface area contributed by atoms with Gasteiger partial charge in [0.25, 0.3) is 0 Å². The molecule has 1 N–H and O–H groups in total. The third-order valence-electron chi connectivity index (χ3n) is 8.97. The van der Waals surface area contributed by atoms with E-state index >= 15 is 0 Å². The number of carbonyl (C=O) groups excluding carboxylic acids is 3. The van der Waals surface area contributed by atoms with Gasteiger partial charge in [-0.05, 0) is 79.8 Å². The number of ether oxygens (including phenoxy) is 2. The number of amides is 2. The van der Waals surface area contributed by atoms with Gasteiger partial charge in [-0.2, -0.15) is 0 Å². The molecule has 0 aromatic heterocycles. The number of fused-ring (bicyclic) bond motifs is 1. The molecule has 42 heavy (non-hydrogen) atoms. The number of carbonyl (C=O) groups is 4. The summed E-state index contributed by atoms with van der Waals surface area (Å²) in [6.45, 7) is 13.4. The van der Waals surface area contributed by atoms with Gasteiger partial charge < -0.3 is 28.8 Å². The topological polar surface area (TPSA) is 132 Å². The van der Waals surface area contributed by atoms with Gasteiger partial charge in [-0.15, -0.1) is 0 Å². The fourth-order valence-corrected chi connectivity index (χ4v) is 6.23. The van der Waals surface area contributed by atoms with Crippen molar-refractivity contribution in [3.05, 3.63) is 35.9 Å². The molecule has 11 nitrogen and oxygen atoms in total. The lowest BCUT2D eigenvalue weighted by molar-refractivity contribution is -0.151. The van der Waals surface area contributed by atoms with E-state index < -0.39 is 65.5 Å². The molecule has 3 aliphatic heterocycles. The molecule has 3 atom stereocenters. The summed E-state index contributed by atoms with van der Waals surface area (Å²) in [5.74, 6) is -2.64. The van der Waals surface area contributed by atoms with Crippen LogP contribution in [0.2, 0.25) is 6.32 Å².